The first-order valence-electron chi connectivity index (χ1n) is 12.6. The van der Waals surface area contributed by atoms with Crippen molar-refractivity contribution in [2.45, 2.75) is 32.6 Å². The molecule has 3 heterocycles. The summed E-state index contributed by atoms with van der Waals surface area (Å²) in [6.45, 7) is 7.93. The van der Waals surface area contributed by atoms with Gasteiger partial charge in [-0.25, -0.2) is 4.79 Å². The fraction of sp³-hybridized carbons (Fsp3) is 0.393. The quantitative estimate of drug-likeness (QED) is 0.271. The predicted molar refractivity (Wildman–Crippen MR) is 143 cm³/mol. The maximum Gasteiger partial charge on any atom is 0.467 e. The van der Waals surface area contributed by atoms with Crippen molar-refractivity contribution in [2.24, 2.45) is 0 Å². The fourth-order valence-electron chi connectivity index (χ4n) is 4.94. The van der Waals surface area contributed by atoms with E-state index in [-0.39, 0.29) is 0 Å². The Labute approximate surface area is 210 Å². The van der Waals surface area contributed by atoms with Crippen molar-refractivity contribution < 1.29 is 14.3 Å². The number of hydrogen-bond donors (Lipinski definition) is 0. The highest BCUT2D eigenvalue weighted by molar-refractivity contribution is 7.17. The molecule has 0 aliphatic carbocycles. The minimum absolute atomic E-state index is 0.378. The molecule has 0 radical (unpaired) electrons. The number of nitrogens with zero attached hydrogens (tertiary/aromatic N) is 3. The summed E-state index contributed by atoms with van der Waals surface area (Å²) in [5, 5.41) is 3.54. The molecule has 0 N–H and O–H groups in total. The normalized spacial score (nSPS) is 16.5. The summed E-state index contributed by atoms with van der Waals surface area (Å²) in [4.78, 5) is 29.8. The first kappa shape index (κ1) is 23.7. The van der Waals surface area contributed by atoms with Crippen LogP contribution in [0.2, 0.25) is 0 Å². The Morgan fingerprint density at radius 2 is 1.91 bits per heavy atom. The summed E-state index contributed by atoms with van der Waals surface area (Å²) in [6, 6.07) is 14.3. The van der Waals surface area contributed by atoms with Gasteiger partial charge in [0.2, 0.25) is 0 Å². The molecule has 1 amide bonds. The van der Waals surface area contributed by atoms with Gasteiger partial charge in [-0.2, -0.15) is 0 Å². The predicted octanol–water partition coefficient (Wildman–Crippen LogP) is 6.02. The van der Waals surface area contributed by atoms with Crippen LogP contribution in [0.4, 0.5) is 11.4 Å². The second-order valence-corrected chi connectivity index (χ2v) is 10.2. The molecule has 5 rings (SSSR count). The van der Waals surface area contributed by atoms with Crippen molar-refractivity contribution in [3.05, 3.63) is 63.9 Å². The van der Waals surface area contributed by atoms with E-state index >= 15 is 0 Å². The lowest BCUT2D eigenvalue weighted by atomic mass is 10.0. The van der Waals surface area contributed by atoms with Crippen LogP contribution in [0.25, 0.3) is 16.2 Å². The first-order chi connectivity index (χ1) is 17.1. The van der Waals surface area contributed by atoms with Gasteiger partial charge < -0.3 is 9.64 Å². The van der Waals surface area contributed by atoms with Gasteiger partial charge in [0.25, 0.3) is 5.69 Å². The first-order valence-corrected chi connectivity index (χ1v) is 13.4. The van der Waals surface area contributed by atoms with Gasteiger partial charge in [0.15, 0.2) is 0 Å². The number of piperazine rings is 1. The van der Waals surface area contributed by atoms with Crippen LogP contribution in [-0.4, -0.2) is 54.9 Å². The van der Waals surface area contributed by atoms with Crippen LogP contribution in [0.3, 0.4) is 0 Å². The van der Waals surface area contributed by atoms with E-state index in [1.165, 1.54) is 15.8 Å². The molecule has 35 heavy (non-hydrogen) atoms. The standard InChI is InChI=1S/C28H32N3O3S/c1-2-6-22-19-21-9-10-23(20-26(21)31(33)28(22)32)34-17-4-3-12-29-13-15-30(16-14-29)25-7-5-8-27-24(25)11-18-35-27/h5,7-11,18-20H,2-4,6,12-17H2,1H3/q+1. The van der Waals surface area contributed by atoms with Crippen LogP contribution in [-0.2, 0) is 4.79 Å². The van der Waals surface area contributed by atoms with Gasteiger partial charge in [0.1, 0.15) is 10.5 Å². The second-order valence-electron chi connectivity index (χ2n) is 9.23. The van der Waals surface area contributed by atoms with Crippen molar-refractivity contribution in [1.82, 2.24) is 4.90 Å². The van der Waals surface area contributed by atoms with Crippen LogP contribution in [0, 0.1) is 4.91 Å². The van der Waals surface area contributed by atoms with Crippen LogP contribution >= 0.6 is 11.3 Å². The molecule has 1 saturated heterocycles. The third-order valence-electron chi connectivity index (χ3n) is 6.85. The summed E-state index contributed by atoms with van der Waals surface area (Å²) in [6.07, 6.45) is 5.31. The Morgan fingerprint density at radius 1 is 1.06 bits per heavy atom. The van der Waals surface area contributed by atoms with Crippen molar-refractivity contribution in [2.75, 3.05) is 44.2 Å². The van der Waals surface area contributed by atoms with E-state index in [2.05, 4.69) is 39.4 Å². The van der Waals surface area contributed by atoms with E-state index in [9.17, 15) is 9.70 Å². The Balaban J connectivity index is 1.06. The van der Waals surface area contributed by atoms with Crippen LogP contribution in [0.15, 0.2) is 53.4 Å². The zero-order valence-electron chi connectivity index (χ0n) is 20.2. The average molecular weight is 491 g/mol. The third-order valence-corrected chi connectivity index (χ3v) is 7.73. The van der Waals surface area contributed by atoms with Gasteiger partial charge >= 0.3 is 5.91 Å². The number of hydrogen-bond acceptors (Lipinski definition) is 6. The van der Waals surface area contributed by atoms with E-state index in [0.717, 1.165) is 57.5 Å². The molecule has 0 saturated carbocycles. The molecule has 2 aromatic carbocycles. The van der Waals surface area contributed by atoms with Crippen molar-refractivity contribution in [1.29, 1.82) is 0 Å². The van der Waals surface area contributed by atoms with Crippen molar-refractivity contribution in [3.63, 3.8) is 0 Å². The fourth-order valence-corrected chi connectivity index (χ4v) is 5.75. The summed E-state index contributed by atoms with van der Waals surface area (Å²) in [5.74, 6) is 0.185. The molecule has 6 nitrogen and oxygen atoms in total. The van der Waals surface area contributed by atoms with E-state index in [1.807, 2.05) is 25.1 Å². The van der Waals surface area contributed by atoms with Gasteiger partial charge in [-0.1, -0.05) is 19.4 Å². The van der Waals surface area contributed by atoms with Crippen LogP contribution < -0.4 is 9.64 Å². The number of anilines is 1. The molecule has 0 atom stereocenters. The molecule has 0 spiro atoms. The number of carbonyl (C=O) groups excluding carboxylic acids is 1. The maximum absolute atomic E-state index is 12.4. The molecular weight excluding hydrogens is 458 g/mol. The smallest absolute Gasteiger partial charge is 0.467 e. The lowest BCUT2D eigenvalue weighted by Gasteiger charge is -2.36. The summed E-state index contributed by atoms with van der Waals surface area (Å²) >= 11 is 1.80. The number of carbonyl (C=O) groups is 1. The molecule has 2 aliphatic heterocycles. The minimum Gasteiger partial charge on any atom is -0.493 e. The Morgan fingerprint density at radius 3 is 2.74 bits per heavy atom. The molecule has 3 aromatic rings. The topological polar surface area (TPSA) is 52.9 Å². The average Bonchev–Trinajstić information content (AvgIpc) is 3.37. The molecule has 7 heteroatoms. The molecule has 1 aromatic heterocycles. The summed E-state index contributed by atoms with van der Waals surface area (Å²) in [5.41, 5.74) is 3.10. The van der Waals surface area contributed by atoms with Crippen LogP contribution in [0.5, 0.6) is 5.75 Å². The number of fused-ring (bicyclic) bond motifs is 2. The van der Waals surface area contributed by atoms with Gasteiger partial charge in [-0.05, 0) is 67.6 Å². The Hall–Kier alpha value is -3.03. The lowest BCUT2D eigenvalue weighted by Crippen LogP contribution is -2.46. The third kappa shape index (κ3) is 5.16. The molecule has 1 fully saturated rings. The van der Waals surface area contributed by atoms with E-state index in [1.54, 1.807) is 17.4 Å². The number of thiophene rings is 1. The molecular formula is C28H32N3O3S+. The number of benzene rings is 2. The monoisotopic (exact) mass is 490 g/mol. The van der Waals surface area contributed by atoms with Crippen molar-refractivity contribution in [3.8, 4) is 5.75 Å². The number of ether oxygens (including phenoxy) is 1. The molecule has 182 valence electrons. The highest BCUT2D eigenvalue weighted by atomic mass is 32.1. The number of amides is 1. The van der Waals surface area contributed by atoms with E-state index < -0.39 is 5.91 Å². The molecule has 0 unspecified atom stereocenters. The van der Waals surface area contributed by atoms with Gasteiger partial charge in [-0.3, -0.25) is 4.90 Å². The van der Waals surface area contributed by atoms with Gasteiger partial charge in [0, 0.05) is 46.9 Å². The maximum atomic E-state index is 12.4. The zero-order valence-corrected chi connectivity index (χ0v) is 21.1. The summed E-state index contributed by atoms with van der Waals surface area (Å²) < 4.78 is 7.77. The van der Waals surface area contributed by atoms with Crippen molar-refractivity contribution >= 4 is 44.8 Å². The lowest BCUT2D eigenvalue weighted by molar-refractivity contribution is -0.383. The highest BCUT2D eigenvalue weighted by Crippen LogP contribution is 2.33. The van der Waals surface area contributed by atoms with Crippen LogP contribution in [0.1, 0.15) is 38.2 Å². The Bertz CT molecular complexity index is 1260. The Kier molecular flexibility index (Phi) is 7.25. The highest BCUT2D eigenvalue weighted by Gasteiger charge is 2.36. The number of nitroso groups, excluding NO2 is 1. The SMILES string of the molecule is CCCC1=Cc2ccc(OCCCCN3CCN(c4cccc5sccc45)CC3)cc2[N+](=O)C1=O. The van der Waals surface area contributed by atoms with Gasteiger partial charge in [0.05, 0.1) is 23.8 Å². The van der Waals surface area contributed by atoms with E-state index in [0.29, 0.717) is 34.8 Å². The van der Waals surface area contributed by atoms with E-state index in [4.69, 9.17) is 4.74 Å². The summed E-state index contributed by atoms with van der Waals surface area (Å²) in [7, 11) is 0. The second kappa shape index (κ2) is 10.7. The minimum atomic E-state index is -0.455. The number of rotatable bonds is 9. The number of unbranched alkanes of at least 4 members (excludes halogenated alkanes) is 1. The van der Waals surface area contributed by atoms with Gasteiger partial charge in [-0.15, -0.1) is 11.3 Å². The largest absolute Gasteiger partial charge is 0.493 e. The zero-order chi connectivity index (χ0) is 24.2. The molecule has 2 aliphatic rings. The molecule has 0 bridgehead atoms.